The van der Waals surface area contributed by atoms with E-state index in [0.29, 0.717) is 21.8 Å². The number of aromatic hydroxyl groups is 1. The number of hydrogen-bond acceptors (Lipinski definition) is 2. The summed E-state index contributed by atoms with van der Waals surface area (Å²) in [6.07, 6.45) is 1.67. The van der Waals surface area contributed by atoms with Gasteiger partial charge in [-0.05, 0) is 24.3 Å². The maximum absolute atomic E-state index is 12.0. The summed E-state index contributed by atoms with van der Waals surface area (Å²) in [6, 6.07) is 12.1. The van der Waals surface area contributed by atoms with Gasteiger partial charge in [-0.1, -0.05) is 35.9 Å². The van der Waals surface area contributed by atoms with Gasteiger partial charge in [0.05, 0.1) is 5.69 Å². The van der Waals surface area contributed by atoms with Crippen LogP contribution in [0.25, 0.3) is 11.6 Å². The maximum atomic E-state index is 12.0. The first-order valence-corrected chi connectivity index (χ1v) is 6.14. The van der Waals surface area contributed by atoms with E-state index < -0.39 is 0 Å². The van der Waals surface area contributed by atoms with Gasteiger partial charge in [0.1, 0.15) is 5.75 Å². The quantitative estimate of drug-likeness (QED) is 0.780. The molecule has 0 unspecified atom stereocenters. The molecule has 0 bridgehead atoms. The van der Waals surface area contributed by atoms with Gasteiger partial charge in [-0.15, -0.1) is 0 Å². The number of fused-ring (bicyclic) bond motifs is 1. The molecule has 0 aromatic heterocycles. The van der Waals surface area contributed by atoms with Gasteiger partial charge in [0.25, 0.3) is 5.91 Å². The van der Waals surface area contributed by atoms with E-state index in [1.165, 1.54) is 0 Å². The highest BCUT2D eigenvalue weighted by Crippen LogP contribution is 2.35. The molecule has 0 atom stereocenters. The number of para-hydroxylation sites is 1. The lowest BCUT2D eigenvalue weighted by atomic mass is 10.0. The van der Waals surface area contributed by atoms with Crippen LogP contribution in [0.3, 0.4) is 0 Å². The van der Waals surface area contributed by atoms with Crippen LogP contribution in [0.4, 0.5) is 5.69 Å². The van der Waals surface area contributed by atoms with E-state index in [-0.39, 0.29) is 11.7 Å². The number of nitrogens with one attached hydrogen (secondary N) is 1. The third-order valence-corrected chi connectivity index (χ3v) is 3.24. The lowest BCUT2D eigenvalue weighted by Gasteiger charge is -2.01. The summed E-state index contributed by atoms with van der Waals surface area (Å²) >= 11 is 5.89. The molecule has 19 heavy (non-hydrogen) atoms. The summed E-state index contributed by atoms with van der Waals surface area (Å²) in [7, 11) is 0. The van der Waals surface area contributed by atoms with E-state index in [9.17, 15) is 9.90 Å². The summed E-state index contributed by atoms with van der Waals surface area (Å²) in [5, 5.41) is 13.1. The van der Waals surface area contributed by atoms with Crippen LogP contribution in [0.15, 0.2) is 42.5 Å². The number of carbonyl (C=O) groups excluding carboxylic acids is 1. The van der Waals surface area contributed by atoms with Crippen molar-refractivity contribution in [2.45, 2.75) is 0 Å². The van der Waals surface area contributed by atoms with Gasteiger partial charge in [-0.2, -0.15) is 0 Å². The summed E-state index contributed by atoms with van der Waals surface area (Å²) < 4.78 is 0. The normalized spacial score (nSPS) is 15.4. The minimum Gasteiger partial charge on any atom is -0.507 e. The zero-order chi connectivity index (χ0) is 13.4. The standard InChI is InChI=1S/C15H10ClNO2/c16-10-5-6-11-12(15(19)17-13(11)8-10)7-9-3-1-2-4-14(9)18/h1-8,18H,(H,17,19). The van der Waals surface area contributed by atoms with Crippen molar-refractivity contribution in [3.8, 4) is 5.75 Å². The Hall–Kier alpha value is -2.26. The van der Waals surface area contributed by atoms with Crippen LogP contribution in [-0.4, -0.2) is 11.0 Å². The number of carbonyl (C=O) groups is 1. The Morgan fingerprint density at radius 2 is 1.95 bits per heavy atom. The summed E-state index contributed by atoms with van der Waals surface area (Å²) in [4.78, 5) is 12.0. The minimum atomic E-state index is -0.194. The van der Waals surface area contributed by atoms with Crippen molar-refractivity contribution in [3.63, 3.8) is 0 Å². The number of amides is 1. The van der Waals surface area contributed by atoms with Crippen molar-refractivity contribution in [2.24, 2.45) is 0 Å². The van der Waals surface area contributed by atoms with E-state index >= 15 is 0 Å². The van der Waals surface area contributed by atoms with Crippen LogP contribution in [-0.2, 0) is 4.79 Å². The molecular weight excluding hydrogens is 262 g/mol. The zero-order valence-electron chi connectivity index (χ0n) is 9.85. The van der Waals surface area contributed by atoms with Crippen molar-refractivity contribution >= 4 is 34.8 Å². The molecule has 1 aliphatic rings. The van der Waals surface area contributed by atoms with Crippen molar-refractivity contribution in [2.75, 3.05) is 5.32 Å². The number of anilines is 1. The third-order valence-electron chi connectivity index (χ3n) is 3.00. The Morgan fingerprint density at radius 3 is 2.74 bits per heavy atom. The van der Waals surface area contributed by atoms with E-state index in [2.05, 4.69) is 5.32 Å². The molecule has 2 N–H and O–H groups in total. The van der Waals surface area contributed by atoms with Crippen molar-refractivity contribution in [3.05, 3.63) is 58.6 Å². The fourth-order valence-electron chi connectivity index (χ4n) is 2.08. The molecular formula is C15H10ClNO2. The average molecular weight is 272 g/mol. The molecule has 0 fully saturated rings. The van der Waals surface area contributed by atoms with Crippen LogP contribution in [0.5, 0.6) is 5.75 Å². The van der Waals surface area contributed by atoms with Gasteiger partial charge in [-0.3, -0.25) is 4.79 Å². The number of benzene rings is 2. The average Bonchev–Trinajstić information content (AvgIpc) is 2.68. The van der Waals surface area contributed by atoms with Gasteiger partial charge < -0.3 is 10.4 Å². The van der Waals surface area contributed by atoms with Crippen LogP contribution in [0.2, 0.25) is 5.02 Å². The Kier molecular flexibility index (Phi) is 2.76. The molecule has 0 saturated carbocycles. The number of hydrogen-bond donors (Lipinski definition) is 2. The summed E-state index contributed by atoms with van der Waals surface area (Å²) in [5.74, 6) is -0.0502. The fourth-order valence-corrected chi connectivity index (χ4v) is 2.25. The van der Waals surface area contributed by atoms with E-state index in [4.69, 9.17) is 11.6 Å². The first kappa shape index (κ1) is 11.8. The van der Waals surface area contributed by atoms with Gasteiger partial charge in [0.15, 0.2) is 0 Å². The Labute approximate surface area is 115 Å². The maximum Gasteiger partial charge on any atom is 0.256 e. The van der Waals surface area contributed by atoms with Crippen LogP contribution in [0, 0.1) is 0 Å². The van der Waals surface area contributed by atoms with E-state index in [1.54, 1.807) is 42.5 Å². The molecule has 0 aliphatic carbocycles. The topological polar surface area (TPSA) is 49.3 Å². The van der Waals surface area contributed by atoms with Gasteiger partial charge in [-0.25, -0.2) is 0 Å². The van der Waals surface area contributed by atoms with E-state index in [0.717, 1.165) is 5.56 Å². The SMILES string of the molecule is O=C1Nc2cc(Cl)ccc2C1=Cc1ccccc1O. The third kappa shape index (κ3) is 2.09. The second-order valence-electron chi connectivity index (χ2n) is 4.26. The second-order valence-corrected chi connectivity index (χ2v) is 4.70. The summed E-state index contributed by atoms with van der Waals surface area (Å²) in [5.41, 5.74) is 2.61. The van der Waals surface area contributed by atoms with Gasteiger partial charge >= 0.3 is 0 Å². The van der Waals surface area contributed by atoms with Crippen LogP contribution < -0.4 is 5.32 Å². The van der Waals surface area contributed by atoms with Gasteiger partial charge in [0, 0.05) is 21.7 Å². The highest BCUT2D eigenvalue weighted by Gasteiger charge is 2.24. The molecule has 94 valence electrons. The van der Waals surface area contributed by atoms with E-state index in [1.807, 2.05) is 6.07 Å². The smallest absolute Gasteiger partial charge is 0.256 e. The zero-order valence-corrected chi connectivity index (χ0v) is 10.6. The van der Waals surface area contributed by atoms with Gasteiger partial charge in [0.2, 0.25) is 0 Å². The minimum absolute atomic E-state index is 0.144. The molecule has 0 saturated heterocycles. The number of phenolic OH excluding ortho intramolecular Hbond substituents is 1. The number of rotatable bonds is 1. The molecule has 2 aromatic carbocycles. The number of phenols is 1. The Morgan fingerprint density at radius 1 is 1.16 bits per heavy atom. The molecule has 1 amide bonds. The first-order valence-electron chi connectivity index (χ1n) is 5.76. The molecule has 4 heteroatoms. The highest BCUT2D eigenvalue weighted by molar-refractivity contribution is 6.36. The monoisotopic (exact) mass is 271 g/mol. The second kappa shape index (κ2) is 4.44. The molecule has 2 aromatic rings. The van der Waals surface area contributed by atoms with Crippen LogP contribution in [0.1, 0.15) is 11.1 Å². The summed E-state index contributed by atoms with van der Waals surface area (Å²) in [6.45, 7) is 0. The molecule has 1 aliphatic heterocycles. The predicted molar refractivity (Wildman–Crippen MR) is 76.1 cm³/mol. The first-order chi connectivity index (χ1) is 9.15. The Bertz CT molecular complexity index is 707. The molecule has 3 rings (SSSR count). The largest absolute Gasteiger partial charge is 0.507 e. The number of halogens is 1. The molecule has 3 nitrogen and oxygen atoms in total. The molecule has 1 heterocycles. The van der Waals surface area contributed by atoms with Crippen molar-refractivity contribution in [1.29, 1.82) is 0 Å². The predicted octanol–water partition coefficient (Wildman–Crippen LogP) is 3.54. The van der Waals surface area contributed by atoms with Crippen molar-refractivity contribution < 1.29 is 9.90 Å². The lowest BCUT2D eigenvalue weighted by molar-refractivity contribution is -0.110. The fraction of sp³-hybridized carbons (Fsp3) is 0. The van der Waals surface area contributed by atoms with Crippen LogP contribution >= 0.6 is 11.6 Å². The molecule has 0 spiro atoms. The molecule has 0 radical (unpaired) electrons. The van der Waals surface area contributed by atoms with Crippen molar-refractivity contribution in [1.82, 2.24) is 0 Å². The Balaban J connectivity index is 2.12. The lowest BCUT2D eigenvalue weighted by Crippen LogP contribution is -2.03. The highest BCUT2D eigenvalue weighted by atomic mass is 35.5.